The summed E-state index contributed by atoms with van der Waals surface area (Å²) in [6.45, 7) is 2.22. The standard InChI is InChI=1S/C22H20N4O/c1-15-25-20(17-8-10-23-11-9-17)13-22(26-15)24-14-21(27)19-7-6-16-4-2-3-5-18(16)12-19/h2-13,21,27H,14H2,1H3,(H,24,25,26). The summed E-state index contributed by atoms with van der Waals surface area (Å²) in [4.78, 5) is 12.9. The summed E-state index contributed by atoms with van der Waals surface area (Å²) in [5.41, 5.74) is 2.68. The minimum atomic E-state index is -0.630. The molecule has 4 rings (SSSR count). The van der Waals surface area contributed by atoms with Gasteiger partial charge < -0.3 is 10.4 Å². The van der Waals surface area contributed by atoms with Gasteiger partial charge in [-0.15, -0.1) is 0 Å². The third kappa shape index (κ3) is 3.93. The number of hydrogen-bond acceptors (Lipinski definition) is 5. The van der Waals surface area contributed by atoms with E-state index in [1.807, 2.05) is 61.5 Å². The van der Waals surface area contributed by atoms with Crippen LogP contribution >= 0.6 is 0 Å². The molecule has 2 heterocycles. The van der Waals surface area contributed by atoms with Crippen LogP contribution in [0.3, 0.4) is 0 Å². The highest BCUT2D eigenvalue weighted by atomic mass is 16.3. The Kier molecular flexibility index (Phi) is 4.77. The average Bonchev–Trinajstić information content (AvgIpc) is 2.72. The van der Waals surface area contributed by atoms with Crippen LogP contribution in [0.5, 0.6) is 0 Å². The molecule has 4 aromatic rings. The lowest BCUT2D eigenvalue weighted by Gasteiger charge is -2.14. The van der Waals surface area contributed by atoms with Crippen molar-refractivity contribution in [1.82, 2.24) is 15.0 Å². The Bertz CT molecular complexity index is 1070. The van der Waals surface area contributed by atoms with Gasteiger partial charge in [-0.3, -0.25) is 4.98 Å². The average molecular weight is 356 g/mol. The number of benzene rings is 2. The fourth-order valence-corrected chi connectivity index (χ4v) is 3.06. The molecule has 0 aliphatic carbocycles. The van der Waals surface area contributed by atoms with Gasteiger partial charge in [-0.2, -0.15) is 0 Å². The molecule has 0 bridgehead atoms. The SMILES string of the molecule is Cc1nc(NCC(O)c2ccc3ccccc3c2)cc(-c2ccncc2)n1. The maximum Gasteiger partial charge on any atom is 0.130 e. The molecule has 0 saturated heterocycles. The summed E-state index contributed by atoms with van der Waals surface area (Å²) in [5, 5.41) is 16.1. The molecule has 0 saturated carbocycles. The predicted molar refractivity (Wildman–Crippen MR) is 107 cm³/mol. The first-order valence-corrected chi connectivity index (χ1v) is 8.86. The van der Waals surface area contributed by atoms with E-state index >= 15 is 0 Å². The Morgan fingerprint density at radius 3 is 2.52 bits per heavy atom. The maximum atomic E-state index is 10.6. The first-order chi connectivity index (χ1) is 13.2. The van der Waals surface area contributed by atoms with Crippen LogP contribution in [0.15, 0.2) is 73.1 Å². The fraction of sp³-hybridized carbons (Fsp3) is 0.136. The van der Waals surface area contributed by atoms with Crippen molar-refractivity contribution in [1.29, 1.82) is 0 Å². The number of pyridine rings is 1. The van der Waals surface area contributed by atoms with Crippen molar-refractivity contribution < 1.29 is 5.11 Å². The lowest BCUT2D eigenvalue weighted by atomic mass is 10.0. The Morgan fingerprint density at radius 1 is 0.926 bits per heavy atom. The van der Waals surface area contributed by atoms with Crippen LogP contribution in [-0.4, -0.2) is 26.6 Å². The molecule has 2 aromatic carbocycles. The van der Waals surface area contributed by atoms with Gasteiger partial charge in [0.15, 0.2) is 0 Å². The highest BCUT2D eigenvalue weighted by Crippen LogP contribution is 2.22. The molecular formula is C22H20N4O. The van der Waals surface area contributed by atoms with E-state index in [-0.39, 0.29) is 0 Å². The Hall–Kier alpha value is -3.31. The number of nitrogens with one attached hydrogen (secondary N) is 1. The van der Waals surface area contributed by atoms with Gasteiger partial charge in [0.2, 0.25) is 0 Å². The molecular weight excluding hydrogens is 336 g/mol. The lowest BCUT2D eigenvalue weighted by molar-refractivity contribution is 0.191. The van der Waals surface area contributed by atoms with E-state index in [9.17, 15) is 5.11 Å². The van der Waals surface area contributed by atoms with E-state index in [4.69, 9.17) is 0 Å². The molecule has 0 radical (unpaired) electrons. The summed E-state index contributed by atoms with van der Waals surface area (Å²) in [7, 11) is 0. The Balaban J connectivity index is 1.51. The van der Waals surface area contributed by atoms with Crippen molar-refractivity contribution in [3.8, 4) is 11.3 Å². The summed E-state index contributed by atoms with van der Waals surface area (Å²) >= 11 is 0. The van der Waals surface area contributed by atoms with Gasteiger partial charge in [-0.05, 0) is 41.5 Å². The molecule has 5 heteroatoms. The normalized spacial score (nSPS) is 12.1. The Labute approximate surface area is 157 Å². The van der Waals surface area contributed by atoms with Gasteiger partial charge in [0.1, 0.15) is 11.6 Å². The predicted octanol–water partition coefficient (Wildman–Crippen LogP) is 4.15. The molecule has 0 aliphatic rings. The number of rotatable bonds is 5. The first-order valence-electron chi connectivity index (χ1n) is 8.86. The van der Waals surface area contributed by atoms with Crippen LogP contribution in [0.4, 0.5) is 5.82 Å². The van der Waals surface area contributed by atoms with Crippen LogP contribution < -0.4 is 5.32 Å². The van der Waals surface area contributed by atoms with Crippen LogP contribution in [-0.2, 0) is 0 Å². The molecule has 27 heavy (non-hydrogen) atoms. The number of hydrogen-bond donors (Lipinski definition) is 2. The highest BCUT2D eigenvalue weighted by molar-refractivity contribution is 5.83. The molecule has 1 atom stereocenters. The lowest BCUT2D eigenvalue weighted by Crippen LogP contribution is -2.13. The van der Waals surface area contributed by atoms with Gasteiger partial charge in [0.25, 0.3) is 0 Å². The summed E-state index contributed by atoms with van der Waals surface area (Å²) in [6.07, 6.45) is 2.85. The zero-order valence-corrected chi connectivity index (χ0v) is 15.0. The van der Waals surface area contributed by atoms with Gasteiger partial charge in [0.05, 0.1) is 11.8 Å². The van der Waals surface area contributed by atoms with E-state index < -0.39 is 6.10 Å². The molecule has 0 fully saturated rings. The molecule has 5 nitrogen and oxygen atoms in total. The zero-order valence-electron chi connectivity index (χ0n) is 15.0. The van der Waals surface area contributed by atoms with E-state index in [0.29, 0.717) is 18.2 Å². The number of aryl methyl sites for hydroxylation is 1. The molecule has 0 aliphatic heterocycles. The number of aromatic nitrogens is 3. The molecule has 0 amide bonds. The number of nitrogens with zero attached hydrogens (tertiary/aromatic N) is 3. The molecule has 1 unspecified atom stereocenters. The topological polar surface area (TPSA) is 70.9 Å². The largest absolute Gasteiger partial charge is 0.387 e. The maximum absolute atomic E-state index is 10.6. The van der Waals surface area contributed by atoms with Crippen molar-refractivity contribution in [2.75, 3.05) is 11.9 Å². The molecule has 2 N–H and O–H groups in total. The monoisotopic (exact) mass is 356 g/mol. The van der Waals surface area contributed by atoms with Crippen molar-refractivity contribution in [2.24, 2.45) is 0 Å². The zero-order chi connectivity index (χ0) is 18.6. The highest BCUT2D eigenvalue weighted by Gasteiger charge is 2.10. The van der Waals surface area contributed by atoms with E-state index in [1.165, 1.54) is 0 Å². The van der Waals surface area contributed by atoms with Crippen molar-refractivity contribution in [2.45, 2.75) is 13.0 Å². The van der Waals surface area contributed by atoms with Crippen LogP contribution in [0.25, 0.3) is 22.0 Å². The minimum absolute atomic E-state index is 0.366. The number of aliphatic hydroxyl groups excluding tert-OH is 1. The van der Waals surface area contributed by atoms with Gasteiger partial charge in [0, 0.05) is 30.6 Å². The second-order valence-electron chi connectivity index (χ2n) is 6.42. The minimum Gasteiger partial charge on any atom is -0.387 e. The number of anilines is 1. The van der Waals surface area contributed by atoms with Gasteiger partial charge in [-0.1, -0.05) is 36.4 Å². The second-order valence-corrected chi connectivity index (χ2v) is 6.42. The first kappa shape index (κ1) is 17.1. The van der Waals surface area contributed by atoms with E-state index in [2.05, 4.69) is 26.3 Å². The summed E-state index contributed by atoms with van der Waals surface area (Å²) < 4.78 is 0. The quantitative estimate of drug-likeness (QED) is 0.562. The number of fused-ring (bicyclic) bond motifs is 1. The Morgan fingerprint density at radius 2 is 1.70 bits per heavy atom. The molecule has 134 valence electrons. The summed E-state index contributed by atoms with van der Waals surface area (Å²) in [6, 6.07) is 19.9. The van der Waals surface area contributed by atoms with Crippen molar-refractivity contribution >= 4 is 16.6 Å². The summed E-state index contributed by atoms with van der Waals surface area (Å²) in [5.74, 6) is 1.36. The molecule has 0 spiro atoms. The van der Waals surface area contributed by atoms with Gasteiger partial charge in [-0.25, -0.2) is 9.97 Å². The van der Waals surface area contributed by atoms with Gasteiger partial charge >= 0.3 is 0 Å². The third-order valence-corrected chi connectivity index (χ3v) is 4.45. The second kappa shape index (κ2) is 7.51. The smallest absolute Gasteiger partial charge is 0.130 e. The van der Waals surface area contributed by atoms with Crippen LogP contribution in [0, 0.1) is 6.92 Å². The van der Waals surface area contributed by atoms with Crippen LogP contribution in [0.2, 0.25) is 0 Å². The van der Waals surface area contributed by atoms with Crippen LogP contribution in [0.1, 0.15) is 17.5 Å². The number of aliphatic hydroxyl groups is 1. The van der Waals surface area contributed by atoms with Crippen molar-refractivity contribution in [3.05, 3.63) is 84.4 Å². The fourth-order valence-electron chi connectivity index (χ4n) is 3.06. The van der Waals surface area contributed by atoms with E-state index in [0.717, 1.165) is 27.6 Å². The van der Waals surface area contributed by atoms with E-state index in [1.54, 1.807) is 12.4 Å². The van der Waals surface area contributed by atoms with Crippen molar-refractivity contribution in [3.63, 3.8) is 0 Å². The third-order valence-electron chi connectivity index (χ3n) is 4.45. The molecule has 2 aromatic heterocycles.